The summed E-state index contributed by atoms with van der Waals surface area (Å²) in [5.41, 5.74) is 12.0. The average molecular weight is 738 g/mol. The van der Waals surface area contributed by atoms with Gasteiger partial charge >= 0.3 is 0 Å². The van der Waals surface area contributed by atoms with Gasteiger partial charge in [-0.2, -0.15) is 0 Å². The largest absolute Gasteiger partial charge is 0.310 e. The lowest BCUT2D eigenvalue weighted by molar-refractivity contribution is 1.29. The number of nitrogens with zero attached hydrogens (tertiary/aromatic N) is 1. The molecule has 11 aromatic rings. The lowest BCUT2D eigenvalue weighted by atomic mass is 9.81. The maximum atomic E-state index is 2.46. The van der Waals surface area contributed by atoms with Crippen molar-refractivity contribution in [1.29, 1.82) is 0 Å². The van der Waals surface area contributed by atoms with Crippen molar-refractivity contribution in [2.75, 3.05) is 4.90 Å². The molecule has 11 aromatic carbocycles. The predicted octanol–water partition coefficient (Wildman–Crippen LogP) is 16.2. The maximum Gasteiger partial charge on any atom is 0.0546 e. The van der Waals surface area contributed by atoms with Gasteiger partial charge in [0.1, 0.15) is 0 Å². The molecule has 0 aliphatic heterocycles. The molecule has 1 heteroatoms. The molecule has 0 saturated carbocycles. The zero-order valence-electron chi connectivity index (χ0n) is 32.2. The molecule has 272 valence electrons. The molecular formula is C57H39N. The Hall–Kier alpha value is -7.48. The van der Waals surface area contributed by atoms with Gasteiger partial charge < -0.3 is 4.90 Å². The highest BCUT2D eigenvalue weighted by Gasteiger charge is 2.23. The van der Waals surface area contributed by atoms with E-state index < -0.39 is 0 Å². The number of hydrogen-bond acceptors (Lipinski definition) is 1. The molecule has 0 bridgehead atoms. The first-order valence-electron chi connectivity index (χ1n) is 20.1. The van der Waals surface area contributed by atoms with E-state index in [1.165, 1.54) is 92.8 Å². The minimum atomic E-state index is 1.12. The van der Waals surface area contributed by atoms with Crippen molar-refractivity contribution in [2.45, 2.75) is 6.92 Å². The molecule has 0 atom stereocenters. The van der Waals surface area contributed by atoms with Crippen molar-refractivity contribution in [3.05, 3.63) is 224 Å². The Bertz CT molecular complexity index is 3330. The van der Waals surface area contributed by atoms with Gasteiger partial charge in [-0.3, -0.25) is 0 Å². The second-order valence-electron chi connectivity index (χ2n) is 15.3. The number of anilines is 3. The molecule has 0 heterocycles. The van der Waals surface area contributed by atoms with Crippen LogP contribution in [0, 0.1) is 6.92 Å². The van der Waals surface area contributed by atoms with Gasteiger partial charge in [-0.05, 0) is 131 Å². The van der Waals surface area contributed by atoms with Crippen molar-refractivity contribution in [3.8, 4) is 33.4 Å². The van der Waals surface area contributed by atoms with Crippen molar-refractivity contribution in [1.82, 2.24) is 0 Å². The van der Waals surface area contributed by atoms with Crippen LogP contribution < -0.4 is 4.90 Å². The summed E-state index contributed by atoms with van der Waals surface area (Å²) in [7, 11) is 0. The van der Waals surface area contributed by atoms with E-state index in [9.17, 15) is 0 Å². The summed E-state index contributed by atoms with van der Waals surface area (Å²) in [6, 6.07) is 80.3. The summed E-state index contributed by atoms with van der Waals surface area (Å²) in [6.45, 7) is 2.18. The molecule has 1 nitrogen and oxygen atoms in total. The lowest BCUT2D eigenvalue weighted by Gasteiger charge is -2.29. The van der Waals surface area contributed by atoms with Gasteiger partial charge in [0.05, 0.1) is 5.69 Å². The van der Waals surface area contributed by atoms with E-state index in [2.05, 4.69) is 230 Å². The molecule has 11 rings (SSSR count). The SMILES string of the molecule is Cc1cccc(N(c2ccc3c(c2)c2ccccc2c2c(-c4ccccc4)c(-c4ccccc4)cc(-c4ccccc4)c32)c2cc3ccccc3c3ccccc23)c1. The normalized spacial score (nSPS) is 11.5. The molecule has 0 saturated heterocycles. The predicted molar refractivity (Wildman–Crippen MR) is 250 cm³/mol. The zero-order valence-corrected chi connectivity index (χ0v) is 32.2. The van der Waals surface area contributed by atoms with Gasteiger partial charge in [0.15, 0.2) is 0 Å². The molecule has 0 aliphatic rings. The summed E-state index contributed by atoms with van der Waals surface area (Å²) in [6.07, 6.45) is 0. The van der Waals surface area contributed by atoms with Crippen LogP contribution in [-0.2, 0) is 0 Å². The monoisotopic (exact) mass is 737 g/mol. The quantitative estimate of drug-likeness (QED) is 0.154. The van der Waals surface area contributed by atoms with Crippen LogP contribution in [-0.4, -0.2) is 0 Å². The van der Waals surface area contributed by atoms with Gasteiger partial charge in [0.25, 0.3) is 0 Å². The number of benzene rings is 11. The van der Waals surface area contributed by atoms with Crippen LogP contribution in [0.2, 0.25) is 0 Å². The van der Waals surface area contributed by atoms with Crippen LogP contribution in [0.4, 0.5) is 17.1 Å². The van der Waals surface area contributed by atoms with Crippen molar-refractivity contribution >= 4 is 70.9 Å². The topological polar surface area (TPSA) is 3.24 Å². The first-order chi connectivity index (χ1) is 28.7. The number of fused-ring (bicyclic) bond motifs is 9. The third-order valence-electron chi connectivity index (χ3n) is 11.8. The second kappa shape index (κ2) is 13.9. The molecule has 0 radical (unpaired) electrons. The highest BCUT2D eigenvalue weighted by molar-refractivity contribution is 6.33. The third kappa shape index (κ3) is 5.55. The fourth-order valence-corrected chi connectivity index (χ4v) is 9.29. The fraction of sp³-hybridized carbons (Fsp3) is 0.0175. The molecule has 0 aromatic heterocycles. The minimum absolute atomic E-state index is 1.12. The van der Waals surface area contributed by atoms with Crippen LogP contribution >= 0.6 is 0 Å². The Labute approximate surface area is 338 Å². The van der Waals surface area contributed by atoms with E-state index in [1.54, 1.807) is 0 Å². The van der Waals surface area contributed by atoms with Gasteiger partial charge in [0, 0.05) is 16.8 Å². The average Bonchev–Trinajstić information content (AvgIpc) is 3.29. The summed E-state index contributed by atoms with van der Waals surface area (Å²) in [4.78, 5) is 2.46. The Balaban J connectivity index is 1.29. The van der Waals surface area contributed by atoms with E-state index >= 15 is 0 Å². The molecule has 0 fully saturated rings. The van der Waals surface area contributed by atoms with Crippen LogP contribution in [0.3, 0.4) is 0 Å². The Morgan fingerprint density at radius 3 is 1.53 bits per heavy atom. The second-order valence-corrected chi connectivity index (χ2v) is 15.3. The number of rotatable bonds is 6. The molecule has 0 amide bonds. The highest BCUT2D eigenvalue weighted by Crippen LogP contribution is 2.50. The van der Waals surface area contributed by atoms with Crippen LogP contribution in [0.15, 0.2) is 218 Å². The van der Waals surface area contributed by atoms with Gasteiger partial charge in [-0.25, -0.2) is 0 Å². The summed E-state index contributed by atoms with van der Waals surface area (Å²) >= 11 is 0. The first-order valence-corrected chi connectivity index (χ1v) is 20.1. The molecule has 0 aliphatic carbocycles. The van der Waals surface area contributed by atoms with E-state index in [0.29, 0.717) is 0 Å². The van der Waals surface area contributed by atoms with Crippen molar-refractivity contribution in [2.24, 2.45) is 0 Å². The Morgan fingerprint density at radius 1 is 0.310 bits per heavy atom. The minimum Gasteiger partial charge on any atom is -0.310 e. The van der Waals surface area contributed by atoms with Crippen LogP contribution in [0.25, 0.3) is 87.2 Å². The van der Waals surface area contributed by atoms with E-state index in [1.807, 2.05) is 0 Å². The lowest BCUT2D eigenvalue weighted by Crippen LogP contribution is -2.11. The Morgan fingerprint density at radius 2 is 0.845 bits per heavy atom. The van der Waals surface area contributed by atoms with Crippen LogP contribution in [0.5, 0.6) is 0 Å². The van der Waals surface area contributed by atoms with Gasteiger partial charge in [-0.15, -0.1) is 0 Å². The third-order valence-corrected chi connectivity index (χ3v) is 11.8. The zero-order chi connectivity index (χ0) is 38.6. The molecule has 0 unspecified atom stereocenters. The summed E-state index contributed by atoms with van der Waals surface area (Å²) in [5, 5.41) is 12.4. The summed E-state index contributed by atoms with van der Waals surface area (Å²) < 4.78 is 0. The van der Waals surface area contributed by atoms with Gasteiger partial charge in [-0.1, -0.05) is 182 Å². The van der Waals surface area contributed by atoms with Gasteiger partial charge in [0.2, 0.25) is 0 Å². The summed E-state index contributed by atoms with van der Waals surface area (Å²) in [5.74, 6) is 0. The fourth-order valence-electron chi connectivity index (χ4n) is 9.29. The van der Waals surface area contributed by atoms with Crippen molar-refractivity contribution < 1.29 is 0 Å². The molecule has 0 N–H and O–H groups in total. The van der Waals surface area contributed by atoms with Crippen molar-refractivity contribution in [3.63, 3.8) is 0 Å². The van der Waals surface area contributed by atoms with E-state index in [4.69, 9.17) is 0 Å². The Kier molecular flexibility index (Phi) is 8.12. The van der Waals surface area contributed by atoms with Crippen LogP contribution in [0.1, 0.15) is 5.56 Å². The molecule has 58 heavy (non-hydrogen) atoms. The highest BCUT2D eigenvalue weighted by atomic mass is 15.1. The molecule has 0 spiro atoms. The first kappa shape index (κ1) is 33.8. The number of aryl methyl sites for hydroxylation is 1. The van der Waals surface area contributed by atoms with E-state index in [0.717, 1.165) is 17.1 Å². The molecular weight excluding hydrogens is 699 g/mol. The maximum absolute atomic E-state index is 2.46. The standard InChI is InChI=1S/C57H39N/c1-38-18-17-26-43(34-38)58(54-35-42-25-11-12-27-45(42)46-28-13-15-30-48(46)54)44-32-33-50-53(36-44)47-29-14-16-31-49(47)57-55(41-23-9-4-10-24-41)51(39-19-5-2-6-20-39)37-52(56(50)57)40-21-7-3-8-22-40/h2-37H,1H3. The smallest absolute Gasteiger partial charge is 0.0546 e. The van der Waals surface area contributed by atoms with E-state index in [-0.39, 0.29) is 0 Å². The number of hydrogen-bond donors (Lipinski definition) is 0.